The van der Waals surface area contributed by atoms with E-state index in [0.717, 1.165) is 17.8 Å². The minimum Gasteiger partial charge on any atom is -0.396 e. The lowest BCUT2D eigenvalue weighted by Crippen LogP contribution is -2.09. The normalized spacial score (nSPS) is 12.1. The van der Waals surface area contributed by atoms with Crippen LogP contribution in [0, 0.1) is 5.82 Å². The van der Waals surface area contributed by atoms with Crippen LogP contribution >= 0.6 is 11.8 Å². The van der Waals surface area contributed by atoms with Gasteiger partial charge in [-0.25, -0.2) is 4.39 Å². The molecule has 7 heteroatoms. The second kappa shape index (κ2) is 6.78. The van der Waals surface area contributed by atoms with E-state index in [1.165, 1.54) is 19.1 Å². The zero-order valence-electron chi connectivity index (χ0n) is 10.6. The second-order valence-corrected chi connectivity index (χ2v) is 5.26. The Hall–Kier alpha value is -1.50. The van der Waals surface area contributed by atoms with E-state index >= 15 is 0 Å². The summed E-state index contributed by atoms with van der Waals surface area (Å²) in [7, 11) is 0. The molecule has 20 heavy (non-hydrogen) atoms. The van der Waals surface area contributed by atoms with Gasteiger partial charge in [0.15, 0.2) is 5.12 Å². The molecular weight excluding hydrogens is 294 g/mol. The zero-order valence-corrected chi connectivity index (χ0v) is 11.4. The van der Waals surface area contributed by atoms with Crippen LogP contribution in [0.3, 0.4) is 0 Å². The van der Waals surface area contributed by atoms with Gasteiger partial charge in [0, 0.05) is 12.7 Å². The molecular formula is C13H13F4NOS. The first-order chi connectivity index (χ1) is 9.21. The molecule has 0 aliphatic carbocycles. The van der Waals surface area contributed by atoms with Crippen molar-refractivity contribution in [2.24, 2.45) is 0 Å². The van der Waals surface area contributed by atoms with E-state index in [1.54, 1.807) is 0 Å². The van der Waals surface area contributed by atoms with Gasteiger partial charge in [0.05, 0.1) is 11.3 Å². The minimum atomic E-state index is -4.60. The van der Waals surface area contributed by atoms with Crippen molar-refractivity contribution in [2.75, 3.05) is 11.5 Å². The molecule has 1 aromatic carbocycles. The van der Waals surface area contributed by atoms with E-state index in [1.807, 2.05) is 0 Å². The van der Waals surface area contributed by atoms with Crippen LogP contribution < -0.4 is 5.73 Å². The largest absolute Gasteiger partial charge is 0.417 e. The minimum absolute atomic E-state index is 0.0621. The van der Waals surface area contributed by atoms with Crippen LogP contribution in [-0.2, 0) is 11.0 Å². The summed E-state index contributed by atoms with van der Waals surface area (Å²) in [5.74, 6) is -0.430. The lowest BCUT2D eigenvalue weighted by Gasteiger charge is -2.11. The van der Waals surface area contributed by atoms with Gasteiger partial charge in [0.2, 0.25) is 0 Å². The Labute approximate surface area is 118 Å². The third-order valence-electron chi connectivity index (χ3n) is 2.36. The smallest absolute Gasteiger partial charge is 0.396 e. The monoisotopic (exact) mass is 307 g/mol. The standard InChI is InChI=1S/C13H13F4NOS/c1-8(19)20-5-3-2-4-9-6-11(14)12(18)7-10(9)13(15,16)17/h2,4,6-7H,3,5,18H2,1H3. The number of hydrogen-bond donors (Lipinski definition) is 1. The number of carbonyl (C=O) groups excluding carboxylic acids is 1. The molecule has 1 rings (SSSR count). The lowest BCUT2D eigenvalue weighted by molar-refractivity contribution is -0.137. The van der Waals surface area contributed by atoms with Crippen molar-refractivity contribution in [1.29, 1.82) is 0 Å². The van der Waals surface area contributed by atoms with Gasteiger partial charge in [-0.1, -0.05) is 23.9 Å². The summed E-state index contributed by atoms with van der Waals surface area (Å²) in [5.41, 5.74) is 3.36. The molecule has 2 N–H and O–H groups in total. The molecule has 110 valence electrons. The molecule has 0 bridgehead atoms. The third-order valence-corrected chi connectivity index (χ3v) is 3.21. The fraction of sp³-hybridized carbons (Fsp3) is 0.308. The summed E-state index contributed by atoms with van der Waals surface area (Å²) >= 11 is 1.08. The Balaban J connectivity index is 2.90. The molecule has 0 aliphatic heterocycles. The number of benzene rings is 1. The molecule has 0 aliphatic rings. The fourth-order valence-electron chi connectivity index (χ4n) is 1.47. The first-order valence-corrected chi connectivity index (χ1v) is 6.66. The summed E-state index contributed by atoms with van der Waals surface area (Å²) in [5, 5.41) is -0.0621. The van der Waals surface area contributed by atoms with Crippen LogP contribution in [0.4, 0.5) is 23.2 Å². The van der Waals surface area contributed by atoms with Gasteiger partial charge in [-0.2, -0.15) is 13.2 Å². The van der Waals surface area contributed by atoms with E-state index in [-0.39, 0.29) is 10.7 Å². The second-order valence-electron chi connectivity index (χ2n) is 3.99. The van der Waals surface area contributed by atoms with Crippen LogP contribution in [0.5, 0.6) is 0 Å². The topological polar surface area (TPSA) is 43.1 Å². The highest BCUT2D eigenvalue weighted by Crippen LogP contribution is 2.34. The highest BCUT2D eigenvalue weighted by molar-refractivity contribution is 8.13. The number of nitrogen functional groups attached to an aromatic ring is 1. The van der Waals surface area contributed by atoms with Crippen molar-refractivity contribution < 1.29 is 22.4 Å². The summed E-state index contributed by atoms with van der Waals surface area (Å²) in [4.78, 5) is 10.7. The van der Waals surface area contributed by atoms with Crippen molar-refractivity contribution >= 4 is 28.6 Å². The SMILES string of the molecule is CC(=O)SCCC=Cc1cc(F)c(N)cc1C(F)(F)F. The maximum atomic E-state index is 13.3. The summed E-state index contributed by atoms with van der Waals surface area (Å²) in [6.45, 7) is 1.41. The van der Waals surface area contributed by atoms with Gasteiger partial charge in [-0.15, -0.1) is 0 Å². The van der Waals surface area contributed by atoms with Crippen molar-refractivity contribution in [3.63, 3.8) is 0 Å². The molecule has 2 nitrogen and oxygen atoms in total. The van der Waals surface area contributed by atoms with Crippen molar-refractivity contribution in [1.82, 2.24) is 0 Å². The van der Waals surface area contributed by atoms with Crippen molar-refractivity contribution in [2.45, 2.75) is 19.5 Å². The van der Waals surface area contributed by atoms with Crippen molar-refractivity contribution in [3.05, 3.63) is 35.2 Å². The molecule has 0 heterocycles. The van der Waals surface area contributed by atoms with E-state index < -0.39 is 23.2 Å². The molecule has 0 atom stereocenters. The highest BCUT2D eigenvalue weighted by atomic mass is 32.2. The Bertz CT molecular complexity index is 526. The summed E-state index contributed by atoms with van der Waals surface area (Å²) in [6.07, 6.45) is -1.54. The molecule has 1 aromatic rings. The van der Waals surface area contributed by atoms with Gasteiger partial charge in [0.1, 0.15) is 5.82 Å². The van der Waals surface area contributed by atoms with Crippen LogP contribution in [0.2, 0.25) is 0 Å². The number of thioether (sulfide) groups is 1. The zero-order chi connectivity index (χ0) is 15.3. The molecule has 0 unspecified atom stereocenters. The number of halogens is 4. The van der Waals surface area contributed by atoms with Gasteiger partial charge < -0.3 is 5.73 Å². The van der Waals surface area contributed by atoms with E-state index in [2.05, 4.69) is 0 Å². The van der Waals surface area contributed by atoms with Gasteiger partial charge in [0.25, 0.3) is 0 Å². The lowest BCUT2D eigenvalue weighted by atomic mass is 10.0. The van der Waals surface area contributed by atoms with Crippen LogP contribution in [-0.4, -0.2) is 10.9 Å². The first-order valence-electron chi connectivity index (χ1n) is 5.68. The van der Waals surface area contributed by atoms with Gasteiger partial charge in [-0.3, -0.25) is 4.79 Å². The van der Waals surface area contributed by atoms with Crippen molar-refractivity contribution in [3.8, 4) is 0 Å². The fourth-order valence-corrected chi connectivity index (χ4v) is 2.01. The molecule has 0 saturated heterocycles. The number of alkyl halides is 3. The predicted octanol–water partition coefficient (Wildman–Crippen LogP) is 4.11. The first kappa shape index (κ1) is 16.6. The Morgan fingerprint density at radius 2 is 2.05 bits per heavy atom. The Morgan fingerprint density at radius 1 is 1.40 bits per heavy atom. The predicted molar refractivity (Wildman–Crippen MR) is 72.6 cm³/mol. The maximum Gasteiger partial charge on any atom is 0.417 e. The van der Waals surface area contributed by atoms with Gasteiger partial charge >= 0.3 is 6.18 Å². The Morgan fingerprint density at radius 3 is 2.60 bits per heavy atom. The molecule has 0 aromatic heterocycles. The summed E-state index contributed by atoms with van der Waals surface area (Å²) < 4.78 is 51.6. The molecule has 0 radical (unpaired) electrons. The molecule has 0 fully saturated rings. The number of anilines is 1. The highest BCUT2D eigenvalue weighted by Gasteiger charge is 2.33. The Kier molecular flexibility index (Phi) is 5.62. The third kappa shape index (κ3) is 4.88. The molecule has 0 amide bonds. The number of hydrogen-bond acceptors (Lipinski definition) is 3. The van der Waals surface area contributed by atoms with Crippen LogP contribution in [0.1, 0.15) is 24.5 Å². The maximum absolute atomic E-state index is 13.3. The average molecular weight is 307 g/mol. The number of allylic oxidation sites excluding steroid dienone is 1. The average Bonchev–Trinajstić information content (AvgIpc) is 2.31. The summed E-state index contributed by atoms with van der Waals surface area (Å²) in [6, 6.07) is 1.34. The number of carbonyl (C=O) groups is 1. The van der Waals surface area contributed by atoms with E-state index in [9.17, 15) is 22.4 Å². The van der Waals surface area contributed by atoms with Gasteiger partial charge in [-0.05, 0) is 24.1 Å². The quantitative estimate of drug-likeness (QED) is 0.517. The van der Waals surface area contributed by atoms with E-state index in [4.69, 9.17) is 5.73 Å². The molecule has 0 spiro atoms. The van der Waals surface area contributed by atoms with Crippen LogP contribution in [0.15, 0.2) is 18.2 Å². The van der Waals surface area contributed by atoms with E-state index in [0.29, 0.717) is 18.2 Å². The number of rotatable bonds is 4. The number of nitrogens with two attached hydrogens (primary N) is 1. The molecule has 0 saturated carbocycles. The van der Waals surface area contributed by atoms with Crippen LogP contribution in [0.25, 0.3) is 6.08 Å².